The number of nitrogens with one attached hydrogen (secondary N) is 1. The average molecular weight is 477 g/mol. The summed E-state index contributed by atoms with van der Waals surface area (Å²) in [5.74, 6) is 0.311. The Hall–Kier alpha value is -3.61. The molecule has 2 amide bonds. The highest BCUT2D eigenvalue weighted by Gasteiger charge is 2.34. The first kappa shape index (κ1) is 26.0. The van der Waals surface area contributed by atoms with E-state index in [1.165, 1.54) is 0 Å². The number of carbonyl (C=O) groups excluding carboxylic acids is 2. The second-order valence-electron chi connectivity index (χ2n) is 9.69. The minimum absolute atomic E-state index is 0.160. The molecular weight excluding hydrogens is 440 g/mol. The van der Waals surface area contributed by atoms with Crippen LogP contribution in [-0.2, 0) is 16.1 Å². The van der Waals surface area contributed by atoms with Gasteiger partial charge in [0.15, 0.2) is 0 Å². The van der Waals surface area contributed by atoms with Gasteiger partial charge >= 0.3 is 0 Å². The molecular formula is C28H36N4O3. The number of benzene rings is 2. The minimum Gasteiger partial charge on any atom is -0.494 e. The third-order valence-electron chi connectivity index (χ3n) is 5.56. The molecule has 0 saturated carbocycles. The number of rotatable bonds is 9. The van der Waals surface area contributed by atoms with E-state index in [1.54, 1.807) is 15.8 Å². The summed E-state index contributed by atoms with van der Waals surface area (Å²) in [5, 5.41) is 7.37. The lowest BCUT2D eigenvalue weighted by molar-refractivity contribution is -0.127. The number of carbonyl (C=O) groups is 2. The molecule has 0 bridgehead atoms. The van der Waals surface area contributed by atoms with Crippen molar-refractivity contribution in [1.82, 2.24) is 15.1 Å². The summed E-state index contributed by atoms with van der Waals surface area (Å²) in [5.41, 5.74) is 2.97. The largest absolute Gasteiger partial charge is 0.494 e. The lowest BCUT2D eigenvalue weighted by Crippen LogP contribution is -2.49. The first-order valence-corrected chi connectivity index (χ1v) is 12.0. The average Bonchev–Trinajstić information content (AvgIpc) is 3.21. The highest BCUT2D eigenvalue weighted by Crippen LogP contribution is 2.31. The number of aryl methyl sites for hydroxylation is 3. The normalized spacial score (nSPS) is 12.2. The number of anilines is 1. The van der Waals surface area contributed by atoms with Crippen LogP contribution in [0.3, 0.4) is 0 Å². The van der Waals surface area contributed by atoms with Gasteiger partial charge in [-0.2, -0.15) is 5.10 Å². The third-order valence-corrected chi connectivity index (χ3v) is 5.56. The number of ether oxygens (including phenoxy) is 1. The molecule has 35 heavy (non-hydrogen) atoms. The van der Waals surface area contributed by atoms with Gasteiger partial charge in [-0.05, 0) is 77.4 Å². The van der Waals surface area contributed by atoms with E-state index in [0.29, 0.717) is 30.2 Å². The second kappa shape index (κ2) is 11.2. The van der Waals surface area contributed by atoms with Gasteiger partial charge in [-0.25, -0.2) is 0 Å². The van der Waals surface area contributed by atoms with Gasteiger partial charge in [-0.3, -0.25) is 19.2 Å². The van der Waals surface area contributed by atoms with E-state index in [4.69, 9.17) is 4.74 Å². The summed E-state index contributed by atoms with van der Waals surface area (Å²) in [6.07, 6.45) is 1.92. The van der Waals surface area contributed by atoms with E-state index in [2.05, 4.69) is 10.4 Å². The van der Waals surface area contributed by atoms with Gasteiger partial charge in [0.2, 0.25) is 11.8 Å². The van der Waals surface area contributed by atoms with Crippen LogP contribution in [0.4, 0.5) is 5.69 Å². The van der Waals surface area contributed by atoms with Crippen molar-refractivity contribution < 1.29 is 14.3 Å². The number of nitrogens with zero attached hydrogens (tertiary/aromatic N) is 3. The fourth-order valence-corrected chi connectivity index (χ4v) is 3.87. The van der Waals surface area contributed by atoms with Crippen molar-refractivity contribution in [3.63, 3.8) is 0 Å². The van der Waals surface area contributed by atoms with Crippen LogP contribution >= 0.6 is 0 Å². The topological polar surface area (TPSA) is 76.5 Å². The standard InChI is InChI=1S/C28H36N4O3/c1-7-35-24-14-10-22(11-15-24)26(27(34)30-28(4,5)6)32(23-12-8-20(2)9-13-23)25(33)17-19-31-21(3)16-18-29-31/h8-16,18,26H,7,17,19H2,1-6H3,(H,30,34)/t26-/m1/s1. The summed E-state index contributed by atoms with van der Waals surface area (Å²) in [4.78, 5) is 29.1. The smallest absolute Gasteiger partial charge is 0.248 e. The van der Waals surface area contributed by atoms with Crippen LogP contribution in [-0.4, -0.2) is 33.7 Å². The van der Waals surface area contributed by atoms with Gasteiger partial charge in [0, 0.05) is 36.1 Å². The Morgan fingerprint density at radius 1 is 1.03 bits per heavy atom. The first-order chi connectivity index (χ1) is 16.6. The van der Waals surface area contributed by atoms with E-state index < -0.39 is 11.6 Å². The van der Waals surface area contributed by atoms with Crippen LogP contribution in [0.25, 0.3) is 0 Å². The predicted octanol–water partition coefficient (Wildman–Crippen LogP) is 4.98. The summed E-state index contributed by atoms with van der Waals surface area (Å²) in [6, 6.07) is 16.1. The molecule has 0 aliphatic heterocycles. The van der Waals surface area contributed by atoms with Gasteiger partial charge in [-0.1, -0.05) is 29.8 Å². The minimum atomic E-state index is -0.848. The molecule has 7 nitrogen and oxygen atoms in total. The highest BCUT2D eigenvalue weighted by molar-refractivity contribution is 6.01. The molecule has 0 aliphatic rings. The molecule has 7 heteroatoms. The maximum Gasteiger partial charge on any atom is 0.248 e. The van der Waals surface area contributed by atoms with Crippen molar-refractivity contribution in [2.24, 2.45) is 0 Å². The maximum atomic E-state index is 13.8. The van der Waals surface area contributed by atoms with Crippen molar-refractivity contribution in [1.29, 1.82) is 0 Å². The van der Waals surface area contributed by atoms with E-state index in [0.717, 1.165) is 11.3 Å². The molecule has 1 N–H and O–H groups in total. The summed E-state index contributed by atoms with van der Waals surface area (Å²) < 4.78 is 7.39. The van der Waals surface area contributed by atoms with Gasteiger partial charge < -0.3 is 10.1 Å². The van der Waals surface area contributed by atoms with Crippen LogP contribution in [0.15, 0.2) is 60.8 Å². The lowest BCUT2D eigenvalue weighted by Gasteiger charge is -2.34. The molecule has 0 unspecified atom stereocenters. The van der Waals surface area contributed by atoms with E-state index in [-0.39, 0.29) is 18.2 Å². The number of hydrogen-bond donors (Lipinski definition) is 1. The zero-order chi connectivity index (χ0) is 25.6. The van der Waals surface area contributed by atoms with Crippen molar-refractivity contribution in [3.8, 4) is 5.75 Å². The van der Waals surface area contributed by atoms with Gasteiger partial charge in [0.25, 0.3) is 0 Å². The first-order valence-electron chi connectivity index (χ1n) is 12.0. The summed E-state index contributed by atoms with van der Waals surface area (Å²) >= 11 is 0. The molecule has 1 atom stereocenters. The molecule has 3 aromatic rings. The fourth-order valence-electron chi connectivity index (χ4n) is 3.87. The quantitative estimate of drug-likeness (QED) is 0.473. The lowest BCUT2D eigenvalue weighted by atomic mass is 10.00. The maximum absolute atomic E-state index is 13.8. The molecule has 0 fully saturated rings. The van der Waals surface area contributed by atoms with Gasteiger partial charge in [-0.15, -0.1) is 0 Å². The van der Waals surface area contributed by atoms with Crippen LogP contribution < -0.4 is 15.0 Å². The SMILES string of the molecule is CCOc1ccc([C@H](C(=O)NC(C)(C)C)N(C(=O)CCn2nccc2C)c2ccc(C)cc2)cc1. The van der Waals surface area contributed by atoms with Crippen molar-refractivity contribution in [2.45, 2.75) is 66.1 Å². The predicted molar refractivity (Wildman–Crippen MR) is 138 cm³/mol. The van der Waals surface area contributed by atoms with Gasteiger partial charge in [0.1, 0.15) is 11.8 Å². The molecule has 186 valence electrons. The van der Waals surface area contributed by atoms with Gasteiger partial charge in [0.05, 0.1) is 6.61 Å². The number of amides is 2. The van der Waals surface area contributed by atoms with E-state index >= 15 is 0 Å². The monoisotopic (exact) mass is 476 g/mol. The molecule has 3 rings (SSSR count). The fraction of sp³-hybridized carbons (Fsp3) is 0.393. The zero-order valence-electron chi connectivity index (χ0n) is 21.5. The van der Waals surface area contributed by atoms with Crippen LogP contribution in [0.2, 0.25) is 0 Å². The Kier molecular flexibility index (Phi) is 8.33. The zero-order valence-corrected chi connectivity index (χ0v) is 21.5. The number of hydrogen-bond acceptors (Lipinski definition) is 4. The Bertz CT molecular complexity index is 1130. The Morgan fingerprint density at radius 2 is 1.69 bits per heavy atom. The highest BCUT2D eigenvalue weighted by atomic mass is 16.5. The van der Waals surface area contributed by atoms with Crippen LogP contribution in [0, 0.1) is 13.8 Å². The third kappa shape index (κ3) is 6.94. The summed E-state index contributed by atoms with van der Waals surface area (Å²) in [7, 11) is 0. The molecule has 0 spiro atoms. The van der Waals surface area contributed by atoms with Crippen molar-refractivity contribution >= 4 is 17.5 Å². The number of aromatic nitrogens is 2. The molecule has 0 aliphatic carbocycles. The van der Waals surface area contributed by atoms with E-state index in [1.807, 2.05) is 96.1 Å². The van der Waals surface area contributed by atoms with Crippen LogP contribution in [0.5, 0.6) is 5.75 Å². The van der Waals surface area contributed by atoms with Crippen molar-refractivity contribution in [2.75, 3.05) is 11.5 Å². The molecule has 0 radical (unpaired) electrons. The molecule has 1 heterocycles. The van der Waals surface area contributed by atoms with Crippen LogP contribution in [0.1, 0.15) is 57.0 Å². The van der Waals surface area contributed by atoms with E-state index in [9.17, 15) is 9.59 Å². The second-order valence-corrected chi connectivity index (χ2v) is 9.69. The summed E-state index contributed by atoms with van der Waals surface area (Å²) in [6.45, 7) is 12.6. The molecule has 2 aromatic carbocycles. The Morgan fingerprint density at radius 3 is 2.23 bits per heavy atom. The molecule has 0 saturated heterocycles. The Balaban J connectivity index is 2.04. The Labute approximate surface area is 208 Å². The molecule has 1 aromatic heterocycles. The van der Waals surface area contributed by atoms with Crippen molar-refractivity contribution in [3.05, 3.63) is 77.6 Å².